The van der Waals surface area contributed by atoms with E-state index >= 15 is 0 Å². The number of anilines is 3. The number of urea groups is 1. The Kier molecular flexibility index (Phi) is 11.5. The quantitative estimate of drug-likeness (QED) is 0.127. The summed E-state index contributed by atoms with van der Waals surface area (Å²) in [5.41, 5.74) is 4.33. The highest BCUT2D eigenvalue weighted by atomic mass is 19.1. The highest BCUT2D eigenvalue weighted by Gasteiger charge is 2.44. The first-order chi connectivity index (χ1) is 25.2. The highest BCUT2D eigenvalue weighted by molar-refractivity contribution is 5.90. The van der Waals surface area contributed by atoms with Crippen LogP contribution in [0.1, 0.15) is 32.3 Å². The maximum absolute atomic E-state index is 15.0. The molecule has 4 atom stereocenters. The second kappa shape index (κ2) is 16.4. The summed E-state index contributed by atoms with van der Waals surface area (Å²) in [6.45, 7) is 7.61. The maximum atomic E-state index is 15.0. The number of halogens is 2. The standard InChI is InChI=1S/C37H44F2N8O5/c1-3-35(26(2)49)47(42-25-48)36(50)43-29-5-7-30(8-6-29)44-14-16-45(17-15-44)31-9-11-32(12-10-31)51-20-27-19-37(52-21-27,22-46-24-40-23-41-46)33-13-4-28(38)18-34(33)39/h4-13,18,23-27,35,49H,3,14-17,19-22H2,1-2H3,(H,42,48)(H,43,50)/t26?,27-,35?,37+/m1/s1. The van der Waals surface area contributed by atoms with Crippen LogP contribution in [-0.2, 0) is 21.7 Å². The largest absolute Gasteiger partial charge is 0.493 e. The highest BCUT2D eigenvalue weighted by Crippen LogP contribution is 2.42. The Hall–Kier alpha value is -5.28. The summed E-state index contributed by atoms with van der Waals surface area (Å²) < 4.78 is 42.7. The monoisotopic (exact) mass is 718 g/mol. The van der Waals surface area contributed by atoms with Crippen LogP contribution in [0.25, 0.3) is 0 Å². The minimum absolute atomic E-state index is 0.0243. The second-order valence-electron chi connectivity index (χ2n) is 13.2. The van der Waals surface area contributed by atoms with Crippen LogP contribution in [0.2, 0.25) is 0 Å². The minimum atomic E-state index is -1.03. The summed E-state index contributed by atoms with van der Waals surface area (Å²) in [4.78, 5) is 32.5. The Bertz CT molecular complexity index is 1770. The van der Waals surface area contributed by atoms with E-state index in [1.54, 1.807) is 17.9 Å². The van der Waals surface area contributed by atoms with Gasteiger partial charge in [0.25, 0.3) is 0 Å². The molecule has 3 heterocycles. The molecule has 3 amide bonds. The van der Waals surface area contributed by atoms with Crippen molar-refractivity contribution in [2.24, 2.45) is 5.92 Å². The fourth-order valence-electron chi connectivity index (χ4n) is 7.02. The van der Waals surface area contributed by atoms with Crippen LogP contribution in [0.4, 0.5) is 30.6 Å². The van der Waals surface area contributed by atoms with Crippen molar-refractivity contribution in [2.45, 2.75) is 51.0 Å². The molecule has 2 aliphatic heterocycles. The Labute approximate surface area is 301 Å². The van der Waals surface area contributed by atoms with Gasteiger partial charge in [0.05, 0.1) is 31.9 Å². The molecule has 52 heavy (non-hydrogen) atoms. The lowest BCUT2D eigenvalue weighted by Gasteiger charge is -2.37. The van der Waals surface area contributed by atoms with Crippen molar-refractivity contribution in [3.8, 4) is 5.75 Å². The number of carbonyl (C=O) groups is 2. The number of piperazine rings is 1. The van der Waals surface area contributed by atoms with Gasteiger partial charge in [-0.1, -0.05) is 13.0 Å². The number of amides is 3. The van der Waals surface area contributed by atoms with E-state index in [9.17, 15) is 23.5 Å². The molecule has 2 saturated heterocycles. The molecule has 3 aromatic carbocycles. The van der Waals surface area contributed by atoms with Gasteiger partial charge in [0.15, 0.2) is 0 Å². The van der Waals surface area contributed by atoms with Gasteiger partial charge in [-0.15, -0.1) is 0 Å². The molecule has 1 aromatic heterocycles. The van der Waals surface area contributed by atoms with Gasteiger partial charge in [-0.05, 0) is 74.4 Å². The first-order valence-electron chi connectivity index (χ1n) is 17.4. The zero-order chi connectivity index (χ0) is 36.7. The number of ether oxygens (including phenoxy) is 2. The number of nitrogens with one attached hydrogen (secondary N) is 2. The lowest BCUT2D eigenvalue weighted by atomic mass is 9.87. The number of aliphatic hydroxyl groups is 1. The van der Waals surface area contributed by atoms with Crippen molar-refractivity contribution in [3.05, 3.63) is 96.6 Å². The number of hydrogen-bond acceptors (Lipinski definition) is 9. The van der Waals surface area contributed by atoms with E-state index in [0.717, 1.165) is 54.4 Å². The summed E-state index contributed by atoms with van der Waals surface area (Å²) in [5.74, 6) is -0.607. The number of hydrogen-bond donors (Lipinski definition) is 3. The van der Waals surface area contributed by atoms with Crippen molar-refractivity contribution < 1.29 is 33.0 Å². The molecule has 13 nitrogen and oxygen atoms in total. The summed E-state index contributed by atoms with van der Waals surface area (Å²) in [6.07, 6.45) is 3.48. The topological polar surface area (TPSA) is 137 Å². The third-order valence-electron chi connectivity index (χ3n) is 9.69. The predicted octanol–water partition coefficient (Wildman–Crippen LogP) is 4.55. The molecule has 0 saturated carbocycles. The predicted molar refractivity (Wildman–Crippen MR) is 191 cm³/mol. The van der Waals surface area contributed by atoms with Crippen LogP contribution in [0.3, 0.4) is 0 Å². The molecule has 0 radical (unpaired) electrons. The van der Waals surface area contributed by atoms with E-state index in [1.165, 1.54) is 18.5 Å². The van der Waals surface area contributed by atoms with Gasteiger partial charge in [0.1, 0.15) is 35.6 Å². The van der Waals surface area contributed by atoms with Crippen molar-refractivity contribution in [3.63, 3.8) is 0 Å². The van der Waals surface area contributed by atoms with Gasteiger partial charge >= 0.3 is 6.03 Å². The molecule has 0 aliphatic carbocycles. The first-order valence-corrected chi connectivity index (χ1v) is 17.4. The summed E-state index contributed by atoms with van der Waals surface area (Å²) >= 11 is 0. The third-order valence-corrected chi connectivity index (χ3v) is 9.69. The molecular weight excluding hydrogens is 674 g/mol. The number of rotatable bonds is 14. The van der Waals surface area contributed by atoms with Crippen molar-refractivity contribution in [1.29, 1.82) is 0 Å². The van der Waals surface area contributed by atoms with Gasteiger partial charge in [-0.25, -0.2) is 28.3 Å². The molecule has 0 bridgehead atoms. The van der Waals surface area contributed by atoms with Crippen molar-refractivity contribution in [1.82, 2.24) is 25.2 Å². The summed E-state index contributed by atoms with van der Waals surface area (Å²) in [7, 11) is 0. The average Bonchev–Trinajstić information content (AvgIpc) is 3.81. The number of carbonyl (C=O) groups excluding carboxylic acids is 2. The van der Waals surface area contributed by atoms with Crippen LogP contribution < -0.4 is 25.3 Å². The van der Waals surface area contributed by atoms with E-state index in [2.05, 4.69) is 30.6 Å². The first kappa shape index (κ1) is 36.5. The normalized spacial score (nSPS) is 19.9. The third kappa shape index (κ3) is 8.43. The molecule has 4 aromatic rings. The van der Waals surface area contributed by atoms with E-state index in [0.29, 0.717) is 38.2 Å². The SMILES string of the molecule is CCC(C(C)O)N(NC=O)C(=O)Nc1ccc(N2CCN(c3ccc(OC[C@@H]4CO[C@@](Cn5cncn5)(c5ccc(F)cc5F)C4)cc3)CC2)cc1. The van der Waals surface area contributed by atoms with Gasteiger partial charge in [-0.3, -0.25) is 10.2 Å². The number of aliphatic hydroxyl groups excluding tert-OH is 1. The van der Waals surface area contributed by atoms with Crippen LogP contribution in [-0.4, -0.2) is 88.9 Å². The molecular formula is C37H44F2N8O5. The number of hydrazine groups is 1. The molecule has 2 aliphatic rings. The average molecular weight is 719 g/mol. The van der Waals surface area contributed by atoms with Crippen molar-refractivity contribution in [2.75, 3.05) is 54.5 Å². The Morgan fingerprint density at radius 1 is 1.08 bits per heavy atom. The molecule has 3 N–H and O–H groups in total. The number of nitrogens with zero attached hydrogens (tertiary/aromatic N) is 6. The fraction of sp³-hybridized carbons (Fsp3) is 0.405. The summed E-state index contributed by atoms with van der Waals surface area (Å²) in [6, 6.07) is 18.0. The second-order valence-corrected chi connectivity index (χ2v) is 13.2. The van der Waals surface area contributed by atoms with Gasteiger partial charge < -0.3 is 29.7 Å². The maximum Gasteiger partial charge on any atom is 0.340 e. The number of aromatic nitrogens is 3. The van der Waals surface area contributed by atoms with Gasteiger partial charge in [0, 0.05) is 60.8 Å². The van der Waals surface area contributed by atoms with Crippen LogP contribution in [0.5, 0.6) is 5.75 Å². The molecule has 2 fully saturated rings. The van der Waals surface area contributed by atoms with Crippen LogP contribution in [0, 0.1) is 17.6 Å². The fourth-order valence-corrected chi connectivity index (χ4v) is 7.02. The van der Waals surface area contributed by atoms with Gasteiger partial charge in [-0.2, -0.15) is 5.10 Å². The summed E-state index contributed by atoms with van der Waals surface area (Å²) in [5, 5.41) is 18.1. The van der Waals surface area contributed by atoms with E-state index < -0.39 is 35.4 Å². The Balaban J connectivity index is 0.991. The molecule has 6 rings (SSSR count). The Morgan fingerprint density at radius 2 is 1.75 bits per heavy atom. The zero-order valence-electron chi connectivity index (χ0n) is 29.2. The van der Waals surface area contributed by atoms with Crippen LogP contribution in [0.15, 0.2) is 79.4 Å². The number of benzene rings is 3. The van der Waals surface area contributed by atoms with E-state index in [-0.39, 0.29) is 18.0 Å². The Morgan fingerprint density at radius 3 is 2.33 bits per heavy atom. The molecule has 15 heteroatoms. The zero-order valence-corrected chi connectivity index (χ0v) is 29.2. The minimum Gasteiger partial charge on any atom is -0.493 e. The van der Waals surface area contributed by atoms with E-state index in [1.807, 2.05) is 55.5 Å². The van der Waals surface area contributed by atoms with E-state index in [4.69, 9.17) is 9.47 Å². The van der Waals surface area contributed by atoms with Crippen LogP contribution >= 0.6 is 0 Å². The molecule has 2 unspecified atom stereocenters. The van der Waals surface area contributed by atoms with Gasteiger partial charge in [0.2, 0.25) is 6.41 Å². The molecule has 276 valence electrons. The molecule has 0 spiro atoms. The lowest BCUT2D eigenvalue weighted by Crippen LogP contribution is -2.54. The van der Waals surface area contributed by atoms with Crippen molar-refractivity contribution >= 4 is 29.5 Å². The smallest absolute Gasteiger partial charge is 0.340 e. The lowest BCUT2D eigenvalue weighted by molar-refractivity contribution is -0.114.